The van der Waals surface area contributed by atoms with Gasteiger partial charge in [0.25, 0.3) is 0 Å². The Labute approximate surface area is 91.0 Å². The van der Waals surface area contributed by atoms with Crippen LogP contribution in [0, 0.1) is 0 Å². The minimum Gasteiger partial charge on any atom is -0.433 e. The van der Waals surface area contributed by atoms with Crippen LogP contribution in [0.15, 0.2) is 18.2 Å². The van der Waals surface area contributed by atoms with Crippen molar-refractivity contribution in [2.75, 3.05) is 5.73 Å². The summed E-state index contributed by atoms with van der Waals surface area (Å²) in [5.41, 5.74) is 5.63. The molecule has 0 bridgehead atoms. The number of anilines is 1. The molecule has 0 saturated heterocycles. The molecule has 1 aromatic rings. The lowest BCUT2D eigenvalue weighted by Crippen LogP contribution is -2.14. The molecule has 1 aromatic carbocycles. The largest absolute Gasteiger partial charge is 0.433 e. The van der Waals surface area contributed by atoms with E-state index in [0.29, 0.717) is 5.56 Å². The van der Waals surface area contributed by atoms with E-state index in [9.17, 15) is 17.2 Å². The molecule has 0 unspecified atom stereocenters. The predicted octanol–water partition coefficient (Wildman–Crippen LogP) is 0.659. The summed E-state index contributed by atoms with van der Waals surface area (Å²) in [6.07, 6.45) is 0. The second kappa shape index (κ2) is 4.62. The van der Waals surface area contributed by atoms with E-state index in [0.717, 1.165) is 0 Å². The Morgan fingerprint density at radius 2 is 2.00 bits per heavy atom. The van der Waals surface area contributed by atoms with E-state index in [-0.39, 0.29) is 11.4 Å². The van der Waals surface area contributed by atoms with Crippen molar-refractivity contribution in [3.8, 4) is 5.75 Å². The fraction of sp³-hybridized carbons (Fsp3) is 0.250. The molecule has 0 fully saturated rings. The zero-order valence-corrected chi connectivity index (χ0v) is 8.88. The highest BCUT2D eigenvalue weighted by Crippen LogP contribution is 2.24. The number of hydrogen-bond acceptors (Lipinski definition) is 4. The van der Waals surface area contributed by atoms with Crippen LogP contribution in [-0.2, 0) is 15.8 Å². The summed E-state index contributed by atoms with van der Waals surface area (Å²) in [4.78, 5) is 0. The molecule has 16 heavy (non-hydrogen) atoms. The standard InChI is InChI=1S/C8H10F2N2O3S/c9-8(10)15-7-2-1-5(3-6(7)11)4-16(12,13)14/h1-3,8H,4,11H2,(H2,12,13,14). The van der Waals surface area contributed by atoms with E-state index in [2.05, 4.69) is 4.74 Å². The minimum absolute atomic E-state index is 0.0681. The SMILES string of the molecule is Nc1cc(CS(N)(=O)=O)ccc1OC(F)F. The Bertz CT molecular complexity index is 476. The zero-order valence-electron chi connectivity index (χ0n) is 8.06. The van der Waals surface area contributed by atoms with E-state index in [1.807, 2.05) is 0 Å². The van der Waals surface area contributed by atoms with Gasteiger partial charge in [0.15, 0.2) is 0 Å². The van der Waals surface area contributed by atoms with Gasteiger partial charge in [-0.25, -0.2) is 13.6 Å². The van der Waals surface area contributed by atoms with Crippen molar-refractivity contribution >= 4 is 15.7 Å². The van der Waals surface area contributed by atoms with Gasteiger partial charge < -0.3 is 10.5 Å². The maximum Gasteiger partial charge on any atom is 0.387 e. The van der Waals surface area contributed by atoms with E-state index in [1.165, 1.54) is 18.2 Å². The third-order valence-corrected chi connectivity index (χ3v) is 2.39. The summed E-state index contributed by atoms with van der Waals surface area (Å²) >= 11 is 0. The number of halogens is 2. The molecule has 0 atom stereocenters. The van der Waals surface area contributed by atoms with Gasteiger partial charge in [-0.3, -0.25) is 0 Å². The van der Waals surface area contributed by atoms with Crippen LogP contribution in [0.3, 0.4) is 0 Å². The van der Waals surface area contributed by atoms with Crippen molar-refractivity contribution in [2.45, 2.75) is 12.4 Å². The van der Waals surface area contributed by atoms with Crippen molar-refractivity contribution in [1.29, 1.82) is 0 Å². The fourth-order valence-electron chi connectivity index (χ4n) is 1.12. The molecule has 8 heteroatoms. The summed E-state index contributed by atoms with van der Waals surface area (Å²) in [5.74, 6) is -0.611. The topological polar surface area (TPSA) is 95.4 Å². The van der Waals surface area contributed by atoms with E-state index >= 15 is 0 Å². The second-order valence-corrected chi connectivity index (χ2v) is 4.67. The van der Waals surface area contributed by atoms with Gasteiger partial charge in [0.1, 0.15) is 5.75 Å². The van der Waals surface area contributed by atoms with Crippen LogP contribution >= 0.6 is 0 Å². The second-order valence-electron chi connectivity index (χ2n) is 3.06. The highest BCUT2D eigenvalue weighted by Gasteiger charge is 2.10. The lowest BCUT2D eigenvalue weighted by atomic mass is 10.2. The monoisotopic (exact) mass is 252 g/mol. The molecule has 0 aromatic heterocycles. The number of rotatable bonds is 4. The third kappa shape index (κ3) is 3.99. The van der Waals surface area contributed by atoms with Gasteiger partial charge in [0.05, 0.1) is 11.4 Å². The van der Waals surface area contributed by atoms with Gasteiger partial charge in [-0.15, -0.1) is 0 Å². The Kier molecular flexibility index (Phi) is 3.66. The molecule has 0 radical (unpaired) electrons. The maximum absolute atomic E-state index is 11.9. The molecule has 0 aliphatic carbocycles. The number of alkyl halides is 2. The summed E-state index contributed by atoms with van der Waals surface area (Å²) in [7, 11) is -3.67. The molecule has 90 valence electrons. The van der Waals surface area contributed by atoms with Gasteiger partial charge in [-0.2, -0.15) is 8.78 Å². The highest BCUT2D eigenvalue weighted by molar-refractivity contribution is 7.88. The van der Waals surface area contributed by atoms with E-state index in [1.54, 1.807) is 0 Å². The first-order valence-electron chi connectivity index (χ1n) is 4.11. The number of primary sulfonamides is 1. The Morgan fingerprint density at radius 3 is 2.44 bits per heavy atom. The average Bonchev–Trinajstić information content (AvgIpc) is 2.06. The van der Waals surface area contributed by atoms with E-state index in [4.69, 9.17) is 10.9 Å². The van der Waals surface area contributed by atoms with Crippen LogP contribution in [0.25, 0.3) is 0 Å². The van der Waals surface area contributed by atoms with Crippen molar-refractivity contribution in [3.63, 3.8) is 0 Å². The number of ether oxygens (including phenoxy) is 1. The molecule has 0 aliphatic heterocycles. The van der Waals surface area contributed by atoms with Crippen LogP contribution in [0.4, 0.5) is 14.5 Å². The first kappa shape index (κ1) is 12.7. The summed E-state index contributed by atoms with van der Waals surface area (Å²) in [6.45, 7) is -2.98. The first-order valence-corrected chi connectivity index (χ1v) is 5.83. The van der Waals surface area contributed by atoms with Gasteiger partial charge in [0.2, 0.25) is 10.0 Å². The van der Waals surface area contributed by atoms with E-state index < -0.39 is 22.4 Å². The molecule has 0 heterocycles. The maximum atomic E-state index is 11.9. The van der Waals surface area contributed by atoms with Crippen LogP contribution in [-0.4, -0.2) is 15.0 Å². The van der Waals surface area contributed by atoms with Gasteiger partial charge >= 0.3 is 6.61 Å². The van der Waals surface area contributed by atoms with Crippen molar-refractivity contribution in [1.82, 2.24) is 0 Å². The Morgan fingerprint density at radius 1 is 1.38 bits per heavy atom. The number of nitrogen functional groups attached to an aromatic ring is 1. The van der Waals surface area contributed by atoms with Gasteiger partial charge in [0, 0.05) is 0 Å². The number of nitrogens with two attached hydrogens (primary N) is 2. The highest BCUT2D eigenvalue weighted by atomic mass is 32.2. The smallest absolute Gasteiger partial charge is 0.387 e. The van der Waals surface area contributed by atoms with Crippen LogP contribution in [0.2, 0.25) is 0 Å². The first-order chi connectivity index (χ1) is 7.28. The molecule has 5 nitrogen and oxygen atoms in total. The van der Waals surface area contributed by atoms with Crippen molar-refractivity contribution in [2.24, 2.45) is 5.14 Å². The molecule has 4 N–H and O–H groups in total. The summed E-state index contributed by atoms with van der Waals surface area (Å²) < 4.78 is 49.4. The minimum atomic E-state index is -3.67. The van der Waals surface area contributed by atoms with Crippen LogP contribution < -0.4 is 15.6 Å². The zero-order chi connectivity index (χ0) is 12.3. The van der Waals surface area contributed by atoms with Crippen LogP contribution in [0.1, 0.15) is 5.56 Å². The number of hydrogen-bond donors (Lipinski definition) is 2. The lowest BCUT2D eigenvalue weighted by Gasteiger charge is -2.08. The third-order valence-electron chi connectivity index (χ3n) is 1.66. The van der Waals surface area contributed by atoms with Gasteiger partial charge in [-0.1, -0.05) is 6.07 Å². The molecule has 0 spiro atoms. The number of benzene rings is 1. The molecule has 0 aliphatic rings. The lowest BCUT2D eigenvalue weighted by molar-refractivity contribution is -0.0493. The normalized spacial score (nSPS) is 11.8. The fourth-order valence-corrected chi connectivity index (χ4v) is 1.77. The summed E-state index contributed by atoms with van der Waals surface area (Å²) in [6, 6.07) is 3.70. The average molecular weight is 252 g/mol. The van der Waals surface area contributed by atoms with Crippen LogP contribution in [0.5, 0.6) is 5.75 Å². The van der Waals surface area contributed by atoms with Gasteiger partial charge in [-0.05, 0) is 17.7 Å². The molecular formula is C8H10F2N2O3S. The quantitative estimate of drug-likeness (QED) is 0.769. The molecule has 0 saturated carbocycles. The predicted molar refractivity (Wildman–Crippen MR) is 54.3 cm³/mol. The molecular weight excluding hydrogens is 242 g/mol. The number of sulfonamides is 1. The molecule has 1 rings (SSSR count). The summed E-state index contributed by atoms with van der Waals surface area (Å²) in [5, 5.41) is 4.82. The van der Waals surface area contributed by atoms with Crippen molar-refractivity contribution < 1.29 is 21.9 Å². The molecule has 0 amide bonds. The Balaban J connectivity index is 2.91. The Hall–Kier alpha value is -1.41. The van der Waals surface area contributed by atoms with Crippen molar-refractivity contribution in [3.05, 3.63) is 23.8 Å².